The molecule has 0 aliphatic carbocycles. The molecule has 0 aromatic rings. The van der Waals surface area contributed by atoms with Gasteiger partial charge in [0.2, 0.25) is 0 Å². The molecule has 0 radical (unpaired) electrons. The summed E-state index contributed by atoms with van der Waals surface area (Å²) in [4.78, 5) is 11.2. The monoisotopic (exact) mass is 194 g/mol. The first-order chi connectivity index (χ1) is 5.54. The van der Waals surface area contributed by atoms with Crippen LogP contribution in [0.2, 0.25) is 0 Å². The van der Waals surface area contributed by atoms with Crippen LogP contribution in [0.25, 0.3) is 0 Å². The molecule has 0 atom stereocenters. The Labute approximate surface area is 78.0 Å². The summed E-state index contributed by atoms with van der Waals surface area (Å²) in [7, 11) is 1.56. The van der Waals surface area contributed by atoms with E-state index in [4.69, 9.17) is 21.1 Å². The predicted molar refractivity (Wildman–Crippen MR) is 47.3 cm³/mol. The Morgan fingerprint density at radius 2 is 2.00 bits per heavy atom. The standard InChI is InChI=1S/C8H15ClO3/c1-8(2,6-9)7(10)12-5-4-11-3/h4-6H2,1-3H3. The van der Waals surface area contributed by atoms with Gasteiger partial charge in [-0.1, -0.05) is 0 Å². The summed E-state index contributed by atoms with van der Waals surface area (Å²) >= 11 is 5.57. The lowest BCUT2D eigenvalue weighted by Gasteiger charge is -2.18. The second-order valence-corrected chi connectivity index (χ2v) is 3.41. The summed E-state index contributed by atoms with van der Waals surface area (Å²) in [5, 5.41) is 0. The molecule has 0 amide bonds. The Morgan fingerprint density at radius 3 is 2.42 bits per heavy atom. The number of alkyl halides is 1. The van der Waals surface area contributed by atoms with Crippen molar-refractivity contribution in [1.82, 2.24) is 0 Å². The van der Waals surface area contributed by atoms with Crippen molar-refractivity contribution in [1.29, 1.82) is 0 Å². The molecule has 0 heterocycles. The van der Waals surface area contributed by atoms with Crippen LogP contribution in [0.15, 0.2) is 0 Å². The van der Waals surface area contributed by atoms with Gasteiger partial charge in [0.1, 0.15) is 6.61 Å². The van der Waals surface area contributed by atoms with Crippen LogP contribution in [-0.4, -0.2) is 32.2 Å². The molecule has 0 rings (SSSR count). The lowest BCUT2D eigenvalue weighted by atomic mass is 9.97. The topological polar surface area (TPSA) is 35.5 Å². The van der Waals surface area contributed by atoms with Crippen molar-refractivity contribution in [3.05, 3.63) is 0 Å². The van der Waals surface area contributed by atoms with Gasteiger partial charge in [0.25, 0.3) is 0 Å². The van der Waals surface area contributed by atoms with E-state index >= 15 is 0 Å². The summed E-state index contributed by atoms with van der Waals surface area (Å²) in [5.74, 6) is -0.0201. The third-order valence-electron chi connectivity index (χ3n) is 1.41. The molecule has 3 nitrogen and oxygen atoms in total. The number of hydrogen-bond acceptors (Lipinski definition) is 3. The van der Waals surface area contributed by atoms with E-state index < -0.39 is 5.41 Å². The third kappa shape index (κ3) is 3.93. The van der Waals surface area contributed by atoms with Gasteiger partial charge in [0.05, 0.1) is 12.0 Å². The summed E-state index contributed by atoms with van der Waals surface area (Å²) < 4.78 is 9.62. The minimum atomic E-state index is -0.602. The minimum Gasteiger partial charge on any atom is -0.463 e. The fourth-order valence-corrected chi connectivity index (χ4v) is 0.577. The van der Waals surface area contributed by atoms with E-state index in [-0.39, 0.29) is 18.5 Å². The van der Waals surface area contributed by atoms with Crippen LogP contribution in [0.3, 0.4) is 0 Å². The largest absolute Gasteiger partial charge is 0.463 e. The number of rotatable bonds is 5. The molecule has 0 aliphatic heterocycles. The zero-order valence-electron chi connectivity index (χ0n) is 7.72. The Kier molecular flexibility index (Phi) is 5.25. The summed E-state index contributed by atoms with van der Waals surface area (Å²) in [6.45, 7) is 4.20. The first kappa shape index (κ1) is 11.7. The number of ether oxygens (including phenoxy) is 2. The third-order valence-corrected chi connectivity index (χ3v) is 2.08. The van der Waals surface area contributed by atoms with Gasteiger partial charge in [-0.3, -0.25) is 4.79 Å². The molecule has 72 valence electrons. The molecular weight excluding hydrogens is 180 g/mol. The molecule has 0 aromatic carbocycles. The van der Waals surface area contributed by atoms with E-state index in [0.29, 0.717) is 6.61 Å². The number of carbonyl (C=O) groups is 1. The van der Waals surface area contributed by atoms with Gasteiger partial charge in [0, 0.05) is 13.0 Å². The molecule has 0 N–H and O–H groups in total. The van der Waals surface area contributed by atoms with Crippen molar-refractivity contribution in [3.8, 4) is 0 Å². The highest BCUT2D eigenvalue weighted by atomic mass is 35.5. The molecule has 0 aliphatic rings. The predicted octanol–water partition coefficient (Wildman–Crippen LogP) is 1.44. The van der Waals surface area contributed by atoms with Gasteiger partial charge in [0.15, 0.2) is 0 Å². The zero-order chi connectivity index (χ0) is 9.61. The molecule has 0 fully saturated rings. The maximum absolute atomic E-state index is 11.2. The summed E-state index contributed by atoms with van der Waals surface area (Å²) in [6, 6.07) is 0. The van der Waals surface area contributed by atoms with Crippen molar-refractivity contribution in [2.75, 3.05) is 26.2 Å². The minimum absolute atomic E-state index is 0.263. The molecule has 0 saturated carbocycles. The lowest BCUT2D eigenvalue weighted by molar-refractivity contribution is -0.153. The van der Waals surface area contributed by atoms with Crippen LogP contribution < -0.4 is 0 Å². The van der Waals surface area contributed by atoms with Crippen LogP contribution in [0.5, 0.6) is 0 Å². The highest BCUT2D eigenvalue weighted by molar-refractivity contribution is 6.19. The SMILES string of the molecule is COCCOC(=O)C(C)(C)CCl. The molecule has 0 spiro atoms. The zero-order valence-corrected chi connectivity index (χ0v) is 8.48. The normalized spacial score (nSPS) is 11.3. The molecule has 0 unspecified atom stereocenters. The van der Waals surface area contributed by atoms with E-state index in [0.717, 1.165) is 0 Å². The average Bonchev–Trinajstić information content (AvgIpc) is 2.05. The number of hydrogen-bond donors (Lipinski definition) is 0. The first-order valence-electron chi connectivity index (χ1n) is 3.76. The van der Waals surface area contributed by atoms with Crippen molar-refractivity contribution in [2.24, 2.45) is 5.41 Å². The van der Waals surface area contributed by atoms with Crippen LogP contribution in [0.4, 0.5) is 0 Å². The van der Waals surface area contributed by atoms with Gasteiger partial charge in [-0.25, -0.2) is 0 Å². The van der Waals surface area contributed by atoms with Crippen LogP contribution in [0, 0.1) is 5.41 Å². The number of esters is 1. The molecule has 0 aromatic heterocycles. The van der Waals surface area contributed by atoms with Crippen LogP contribution in [0.1, 0.15) is 13.8 Å². The number of methoxy groups -OCH3 is 1. The van der Waals surface area contributed by atoms with Gasteiger partial charge in [-0.15, -0.1) is 11.6 Å². The molecule has 0 saturated heterocycles. The van der Waals surface area contributed by atoms with Gasteiger partial charge in [-0.2, -0.15) is 0 Å². The van der Waals surface area contributed by atoms with Crippen molar-refractivity contribution in [2.45, 2.75) is 13.8 Å². The lowest BCUT2D eigenvalue weighted by Crippen LogP contribution is -2.29. The first-order valence-corrected chi connectivity index (χ1v) is 4.30. The molecule has 12 heavy (non-hydrogen) atoms. The fourth-order valence-electron chi connectivity index (χ4n) is 0.468. The Bertz CT molecular complexity index is 145. The van der Waals surface area contributed by atoms with E-state index in [1.165, 1.54) is 0 Å². The Morgan fingerprint density at radius 1 is 1.42 bits per heavy atom. The average molecular weight is 195 g/mol. The van der Waals surface area contributed by atoms with Crippen LogP contribution >= 0.6 is 11.6 Å². The highest BCUT2D eigenvalue weighted by Crippen LogP contribution is 2.18. The molecule has 4 heteroatoms. The summed E-state index contributed by atoms with van der Waals surface area (Å²) in [5.41, 5.74) is -0.602. The second kappa shape index (κ2) is 5.38. The summed E-state index contributed by atoms with van der Waals surface area (Å²) in [6.07, 6.45) is 0. The van der Waals surface area contributed by atoms with E-state index in [1.807, 2.05) is 0 Å². The molecule has 0 bridgehead atoms. The second-order valence-electron chi connectivity index (χ2n) is 3.15. The van der Waals surface area contributed by atoms with E-state index in [9.17, 15) is 4.79 Å². The van der Waals surface area contributed by atoms with Gasteiger partial charge in [-0.05, 0) is 13.8 Å². The maximum atomic E-state index is 11.2. The van der Waals surface area contributed by atoms with E-state index in [1.54, 1.807) is 21.0 Å². The van der Waals surface area contributed by atoms with Gasteiger partial charge < -0.3 is 9.47 Å². The number of halogens is 1. The quantitative estimate of drug-likeness (QED) is 0.378. The Hall–Kier alpha value is -0.280. The van der Waals surface area contributed by atoms with Gasteiger partial charge >= 0.3 is 5.97 Å². The van der Waals surface area contributed by atoms with E-state index in [2.05, 4.69) is 0 Å². The van der Waals surface area contributed by atoms with Crippen molar-refractivity contribution < 1.29 is 14.3 Å². The smallest absolute Gasteiger partial charge is 0.312 e. The molecular formula is C8H15ClO3. The van der Waals surface area contributed by atoms with Crippen molar-refractivity contribution in [3.63, 3.8) is 0 Å². The van der Waals surface area contributed by atoms with Crippen molar-refractivity contribution >= 4 is 17.6 Å². The maximum Gasteiger partial charge on any atom is 0.312 e. The fraction of sp³-hybridized carbons (Fsp3) is 0.875. The van der Waals surface area contributed by atoms with Crippen LogP contribution in [-0.2, 0) is 14.3 Å². The Balaban J connectivity index is 3.72. The number of carbonyl (C=O) groups excluding carboxylic acids is 1. The highest BCUT2D eigenvalue weighted by Gasteiger charge is 2.27.